The summed E-state index contributed by atoms with van der Waals surface area (Å²) in [6, 6.07) is 0. The summed E-state index contributed by atoms with van der Waals surface area (Å²) in [7, 11) is 0. The molecule has 0 amide bonds. The predicted molar refractivity (Wildman–Crippen MR) is 83.5 cm³/mol. The molecule has 2 nitrogen and oxygen atoms in total. The monoisotopic (exact) mass is 520 g/mol. The summed E-state index contributed by atoms with van der Waals surface area (Å²) in [4.78, 5) is 11.4. The molecule has 2 aliphatic rings. The molecule has 0 bridgehead atoms. The second kappa shape index (κ2) is 5.89. The number of alkyl halides is 10. The molecule has 2 atom stereocenters. The number of allylic oxidation sites excluding steroid dienone is 5. The van der Waals surface area contributed by atoms with Crippen molar-refractivity contribution in [1.29, 1.82) is 0 Å². The van der Waals surface area contributed by atoms with Crippen LogP contribution in [0.4, 0.5) is 39.5 Å². The number of hydrogen-bond acceptors (Lipinski definition) is 1. The molecule has 1 fully saturated rings. The van der Waals surface area contributed by atoms with Crippen molar-refractivity contribution in [1.82, 2.24) is 0 Å². The van der Waals surface area contributed by atoms with Crippen molar-refractivity contribution in [2.75, 3.05) is 0 Å². The minimum Gasteiger partial charge on any atom is -0.481 e. The normalized spacial score (nSPS) is 35.2. The molecule has 0 heterocycles. The summed E-state index contributed by atoms with van der Waals surface area (Å²) in [5.74, 6) is -30.3. The van der Waals surface area contributed by atoms with Crippen LogP contribution < -0.4 is 0 Å². The Hall–Kier alpha value is -1.21. The van der Waals surface area contributed by atoms with Gasteiger partial charge in [0.15, 0.2) is 0 Å². The molecule has 0 spiro atoms. The number of carboxylic acid groups (broad SMARTS) is 1. The predicted octanol–water partition coefficient (Wildman–Crippen LogP) is 5.20. The second-order valence-corrected chi connectivity index (χ2v) is 7.79. The maximum atomic E-state index is 15.2. The molecule has 27 heavy (non-hydrogen) atoms. The highest BCUT2D eigenvalue weighted by Gasteiger charge is 3.01. The zero-order valence-electron chi connectivity index (χ0n) is 13.1. The first-order valence-electron chi connectivity index (χ1n) is 7.13. The van der Waals surface area contributed by atoms with Crippen LogP contribution in [0, 0.1) is 5.92 Å². The molecule has 2 aliphatic carbocycles. The molecule has 2 unspecified atom stereocenters. The van der Waals surface area contributed by atoms with Crippen LogP contribution in [0.2, 0.25) is 0 Å². The van der Waals surface area contributed by atoms with E-state index >= 15 is 4.39 Å². The first kappa shape index (κ1) is 22.1. The van der Waals surface area contributed by atoms with E-state index in [0.29, 0.717) is 12.2 Å². The van der Waals surface area contributed by atoms with Crippen LogP contribution in [0.3, 0.4) is 0 Å². The van der Waals surface area contributed by atoms with Crippen molar-refractivity contribution in [2.24, 2.45) is 5.92 Å². The molecule has 1 N–H and O–H groups in total. The maximum absolute atomic E-state index is 15.2. The van der Waals surface area contributed by atoms with Gasteiger partial charge in [0, 0.05) is 5.57 Å². The van der Waals surface area contributed by atoms with Crippen molar-refractivity contribution in [3.05, 3.63) is 36.0 Å². The summed E-state index contributed by atoms with van der Waals surface area (Å²) in [6.45, 7) is 1.19. The number of carboxylic acids is 1. The van der Waals surface area contributed by atoms with Crippen LogP contribution in [0.15, 0.2) is 36.0 Å². The van der Waals surface area contributed by atoms with Gasteiger partial charge in [-0.05, 0) is 6.92 Å². The Kier molecular flexibility index (Phi) is 4.82. The number of aliphatic carboxylic acids is 1. The van der Waals surface area contributed by atoms with E-state index in [1.165, 1.54) is 6.92 Å². The minimum atomic E-state index is -6.73. The van der Waals surface area contributed by atoms with E-state index in [0.717, 1.165) is 34.7 Å². The third kappa shape index (κ3) is 2.24. The first-order valence-corrected chi connectivity index (χ1v) is 8.21. The fourth-order valence-electron chi connectivity index (χ4n) is 3.14. The molecule has 2 rings (SSSR count). The molecule has 1 saturated carbocycles. The lowest BCUT2D eigenvalue weighted by Crippen LogP contribution is -2.61. The SMILES string of the molecule is CC=CC1(I)C(C2(F)C(F)(F)C(F)(F)C(F)(F)C2(F)F)=CC=CC1C(=O)O. The third-order valence-corrected chi connectivity index (χ3v) is 6.14. The van der Waals surface area contributed by atoms with Gasteiger partial charge >= 0.3 is 29.7 Å². The first-order chi connectivity index (χ1) is 12.0. The Labute approximate surface area is 159 Å². The smallest absolute Gasteiger partial charge is 0.382 e. The van der Waals surface area contributed by atoms with Gasteiger partial charge in [-0.1, -0.05) is 53.0 Å². The van der Waals surface area contributed by atoms with Gasteiger partial charge in [-0.2, -0.15) is 35.1 Å². The lowest BCUT2D eigenvalue weighted by Gasteiger charge is -2.43. The molecule has 0 aliphatic heterocycles. The molecule has 0 aromatic carbocycles. The summed E-state index contributed by atoms with van der Waals surface area (Å²) < 4.78 is 123. The van der Waals surface area contributed by atoms with Crippen molar-refractivity contribution in [3.63, 3.8) is 0 Å². The Morgan fingerprint density at radius 3 is 1.81 bits per heavy atom. The van der Waals surface area contributed by atoms with Crippen LogP contribution in [-0.2, 0) is 4.79 Å². The van der Waals surface area contributed by atoms with Gasteiger partial charge in [-0.15, -0.1) is 0 Å². The van der Waals surface area contributed by atoms with E-state index < -0.39 is 50.2 Å². The van der Waals surface area contributed by atoms with E-state index in [9.17, 15) is 45.0 Å². The topological polar surface area (TPSA) is 37.3 Å². The quantitative estimate of drug-likeness (QED) is 0.241. The highest BCUT2D eigenvalue weighted by molar-refractivity contribution is 14.1. The average Bonchev–Trinajstić information content (AvgIpc) is 2.57. The molecular formula is C15H10F9IO2. The number of hydrogen-bond donors (Lipinski definition) is 1. The number of rotatable bonds is 3. The molecule has 152 valence electrons. The fraction of sp³-hybridized carbons (Fsp3) is 0.533. The standard InChI is InChI=1S/C15H10F9IO2/c1-2-6-10(25)7(9(26)27)4-3-5-8(10)11(16)12(17,18)14(21,22)15(23,24)13(11,19)20/h2-7H,1H3,(H,26,27). The Morgan fingerprint density at radius 1 is 1.00 bits per heavy atom. The number of halogens is 10. The van der Waals surface area contributed by atoms with Crippen LogP contribution >= 0.6 is 22.6 Å². The van der Waals surface area contributed by atoms with E-state index in [2.05, 4.69) is 0 Å². The molecular weight excluding hydrogens is 510 g/mol. The van der Waals surface area contributed by atoms with E-state index in [1.54, 1.807) is 0 Å². The highest BCUT2D eigenvalue weighted by Crippen LogP contribution is 2.72. The molecule has 0 saturated heterocycles. The van der Waals surface area contributed by atoms with Gasteiger partial charge in [-0.25, -0.2) is 4.39 Å². The number of carbonyl (C=O) groups is 1. The average molecular weight is 520 g/mol. The van der Waals surface area contributed by atoms with Crippen LogP contribution in [0.5, 0.6) is 0 Å². The van der Waals surface area contributed by atoms with Crippen molar-refractivity contribution >= 4 is 28.6 Å². The van der Waals surface area contributed by atoms with E-state index in [-0.39, 0.29) is 6.08 Å². The van der Waals surface area contributed by atoms with Gasteiger partial charge < -0.3 is 5.11 Å². The largest absolute Gasteiger partial charge is 0.481 e. The fourth-order valence-corrected chi connectivity index (χ4v) is 4.52. The van der Waals surface area contributed by atoms with Gasteiger partial charge in [-0.3, -0.25) is 4.79 Å². The van der Waals surface area contributed by atoms with Gasteiger partial charge in [0.1, 0.15) is 0 Å². The zero-order valence-corrected chi connectivity index (χ0v) is 15.3. The Balaban J connectivity index is 2.90. The van der Waals surface area contributed by atoms with Crippen LogP contribution in [-0.4, -0.2) is 43.9 Å². The van der Waals surface area contributed by atoms with Crippen molar-refractivity contribution < 1.29 is 49.4 Å². The van der Waals surface area contributed by atoms with Gasteiger partial charge in [0.2, 0.25) is 0 Å². The van der Waals surface area contributed by atoms with Crippen molar-refractivity contribution in [3.8, 4) is 0 Å². The minimum absolute atomic E-state index is 0.200. The Bertz CT molecular complexity index is 730. The summed E-state index contributed by atoms with van der Waals surface area (Å²) >= 11 is 1.00. The molecule has 0 radical (unpaired) electrons. The zero-order chi connectivity index (χ0) is 21.3. The van der Waals surface area contributed by atoms with Gasteiger partial charge in [0.05, 0.1) is 9.34 Å². The Morgan fingerprint density at radius 2 is 1.44 bits per heavy atom. The summed E-state index contributed by atoms with van der Waals surface area (Å²) in [6.07, 6.45) is 3.25. The lowest BCUT2D eigenvalue weighted by atomic mass is 9.72. The van der Waals surface area contributed by atoms with Crippen LogP contribution in [0.25, 0.3) is 0 Å². The van der Waals surface area contributed by atoms with Crippen LogP contribution in [0.1, 0.15) is 6.92 Å². The third-order valence-electron chi connectivity index (χ3n) is 4.53. The van der Waals surface area contributed by atoms with Gasteiger partial charge in [0.25, 0.3) is 5.67 Å². The molecule has 0 aromatic rings. The van der Waals surface area contributed by atoms with E-state index in [4.69, 9.17) is 0 Å². The van der Waals surface area contributed by atoms with E-state index in [1.807, 2.05) is 0 Å². The second-order valence-electron chi connectivity index (χ2n) is 6.01. The van der Waals surface area contributed by atoms with Crippen molar-refractivity contribution in [2.45, 2.75) is 39.7 Å². The molecule has 0 aromatic heterocycles. The summed E-state index contributed by atoms with van der Waals surface area (Å²) in [5, 5.41) is 9.20. The molecule has 12 heteroatoms. The lowest BCUT2D eigenvalue weighted by molar-refractivity contribution is -0.303. The highest BCUT2D eigenvalue weighted by atomic mass is 127. The maximum Gasteiger partial charge on any atom is 0.382 e. The summed E-state index contributed by atoms with van der Waals surface area (Å²) in [5.41, 5.74) is -7.75.